The predicted octanol–water partition coefficient (Wildman–Crippen LogP) is 1.61. The molecule has 1 saturated heterocycles. The molecule has 0 radical (unpaired) electrons. The largest absolute Gasteiger partial charge is 0.314 e. The zero-order valence-corrected chi connectivity index (χ0v) is 11.4. The molecule has 0 spiro atoms. The van der Waals surface area contributed by atoms with E-state index in [1.807, 2.05) is 24.2 Å². The average Bonchev–Trinajstić information content (AvgIpc) is 2.85. The molecule has 1 aromatic heterocycles. The van der Waals surface area contributed by atoms with E-state index in [0.29, 0.717) is 6.04 Å². The predicted molar refractivity (Wildman–Crippen MR) is 74.3 cm³/mol. The van der Waals surface area contributed by atoms with Crippen LogP contribution < -0.4 is 5.32 Å². The van der Waals surface area contributed by atoms with Crippen molar-refractivity contribution in [3.8, 4) is 0 Å². The number of nitrogens with one attached hydrogen (secondary N) is 1. The van der Waals surface area contributed by atoms with Crippen molar-refractivity contribution in [1.82, 2.24) is 15.2 Å². The minimum absolute atomic E-state index is 0.656. The van der Waals surface area contributed by atoms with E-state index in [1.165, 1.54) is 5.56 Å². The fourth-order valence-corrected chi connectivity index (χ4v) is 3.30. The van der Waals surface area contributed by atoms with Gasteiger partial charge in [0.2, 0.25) is 0 Å². The molecular formula is C13H21N3S. The Morgan fingerprint density at radius 3 is 2.82 bits per heavy atom. The van der Waals surface area contributed by atoms with Crippen molar-refractivity contribution in [2.45, 2.75) is 24.8 Å². The van der Waals surface area contributed by atoms with E-state index in [0.717, 1.165) is 31.4 Å². The Kier molecular flexibility index (Phi) is 4.83. The highest BCUT2D eigenvalue weighted by Crippen LogP contribution is 2.21. The number of rotatable bonds is 5. The third kappa shape index (κ3) is 3.21. The second-order valence-electron chi connectivity index (χ2n) is 4.42. The van der Waals surface area contributed by atoms with E-state index >= 15 is 0 Å². The molecule has 4 heteroatoms. The highest BCUT2D eigenvalue weighted by molar-refractivity contribution is 7.99. The SMILES string of the molecule is CCN(Cc1ccncc1)C1CNCC1SC. The van der Waals surface area contributed by atoms with Gasteiger partial charge in [0, 0.05) is 43.3 Å². The van der Waals surface area contributed by atoms with Gasteiger partial charge in [0.05, 0.1) is 0 Å². The van der Waals surface area contributed by atoms with Gasteiger partial charge in [-0.25, -0.2) is 0 Å². The van der Waals surface area contributed by atoms with Gasteiger partial charge in [0.25, 0.3) is 0 Å². The molecule has 0 bridgehead atoms. The van der Waals surface area contributed by atoms with Crippen LogP contribution in [-0.4, -0.2) is 47.1 Å². The molecule has 0 aromatic carbocycles. The van der Waals surface area contributed by atoms with Crippen LogP contribution in [0.5, 0.6) is 0 Å². The van der Waals surface area contributed by atoms with E-state index in [1.54, 1.807) is 0 Å². The summed E-state index contributed by atoms with van der Waals surface area (Å²) in [6.45, 7) is 6.63. The first-order valence-electron chi connectivity index (χ1n) is 6.21. The molecule has 1 fully saturated rings. The van der Waals surface area contributed by atoms with Gasteiger partial charge in [-0.2, -0.15) is 11.8 Å². The molecule has 17 heavy (non-hydrogen) atoms. The molecule has 1 aliphatic heterocycles. The minimum Gasteiger partial charge on any atom is -0.314 e. The highest BCUT2D eigenvalue weighted by atomic mass is 32.2. The standard InChI is InChI=1S/C13H21N3S/c1-3-16(10-11-4-6-14-7-5-11)12-8-15-9-13(12)17-2/h4-7,12-13,15H,3,8-10H2,1-2H3. The zero-order chi connectivity index (χ0) is 12.1. The summed E-state index contributed by atoms with van der Waals surface area (Å²) in [6, 6.07) is 4.88. The number of hydrogen-bond acceptors (Lipinski definition) is 4. The van der Waals surface area contributed by atoms with Gasteiger partial charge in [-0.15, -0.1) is 0 Å². The quantitative estimate of drug-likeness (QED) is 0.860. The van der Waals surface area contributed by atoms with Crippen molar-refractivity contribution >= 4 is 11.8 Å². The number of aromatic nitrogens is 1. The van der Waals surface area contributed by atoms with E-state index in [9.17, 15) is 0 Å². The maximum atomic E-state index is 4.07. The van der Waals surface area contributed by atoms with Crippen molar-refractivity contribution in [3.05, 3.63) is 30.1 Å². The molecular weight excluding hydrogens is 230 g/mol. The van der Waals surface area contributed by atoms with Gasteiger partial charge >= 0.3 is 0 Å². The van der Waals surface area contributed by atoms with Crippen molar-refractivity contribution < 1.29 is 0 Å². The maximum Gasteiger partial charge on any atom is 0.0355 e. The molecule has 1 aromatic rings. The molecule has 2 unspecified atom stereocenters. The van der Waals surface area contributed by atoms with Gasteiger partial charge in [-0.1, -0.05) is 6.92 Å². The average molecular weight is 251 g/mol. The molecule has 2 atom stereocenters. The van der Waals surface area contributed by atoms with Crippen LogP contribution in [0.25, 0.3) is 0 Å². The van der Waals surface area contributed by atoms with E-state index in [2.05, 4.69) is 40.5 Å². The molecule has 94 valence electrons. The van der Waals surface area contributed by atoms with Crippen LogP contribution in [0.1, 0.15) is 12.5 Å². The molecule has 3 nitrogen and oxygen atoms in total. The van der Waals surface area contributed by atoms with E-state index < -0.39 is 0 Å². The molecule has 1 aliphatic rings. The summed E-state index contributed by atoms with van der Waals surface area (Å²) in [7, 11) is 0. The number of thioether (sulfide) groups is 1. The Bertz CT molecular complexity index is 331. The Hall–Kier alpha value is -0.580. The molecule has 0 saturated carbocycles. The molecule has 1 N–H and O–H groups in total. The highest BCUT2D eigenvalue weighted by Gasteiger charge is 2.30. The van der Waals surface area contributed by atoms with Crippen molar-refractivity contribution in [1.29, 1.82) is 0 Å². The van der Waals surface area contributed by atoms with Gasteiger partial charge in [-0.05, 0) is 30.5 Å². The number of pyridine rings is 1. The molecule has 2 heterocycles. The first-order chi connectivity index (χ1) is 8.35. The zero-order valence-electron chi connectivity index (χ0n) is 10.6. The Labute approximate surface area is 108 Å². The van der Waals surface area contributed by atoms with Gasteiger partial charge in [-0.3, -0.25) is 9.88 Å². The number of likely N-dealkylation sites (N-methyl/N-ethyl adjacent to an activating group) is 1. The van der Waals surface area contributed by atoms with Crippen LogP contribution in [0.4, 0.5) is 0 Å². The number of nitrogens with zero attached hydrogens (tertiary/aromatic N) is 2. The smallest absolute Gasteiger partial charge is 0.0355 e. The minimum atomic E-state index is 0.656. The van der Waals surface area contributed by atoms with Crippen LogP contribution in [0.3, 0.4) is 0 Å². The maximum absolute atomic E-state index is 4.07. The third-order valence-electron chi connectivity index (χ3n) is 3.44. The lowest BCUT2D eigenvalue weighted by atomic mass is 10.1. The van der Waals surface area contributed by atoms with E-state index in [-0.39, 0.29) is 0 Å². The van der Waals surface area contributed by atoms with Gasteiger partial charge < -0.3 is 5.32 Å². The Morgan fingerprint density at radius 2 is 2.18 bits per heavy atom. The fraction of sp³-hybridized carbons (Fsp3) is 0.615. The molecule has 0 amide bonds. The van der Waals surface area contributed by atoms with Crippen LogP contribution in [-0.2, 0) is 6.54 Å². The summed E-state index contributed by atoms with van der Waals surface area (Å²) in [5, 5.41) is 4.22. The Balaban J connectivity index is 2.01. The third-order valence-corrected chi connectivity index (χ3v) is 4.53. The normalized spacial score (nSPS) is 24.4. The first kappa shape index (κ1) is 12.9. The summed E-state index contributed by atoms with van der Waals surface area (Å²) in [6.07, 6.45) is 5.97. The van der Waals surface area contributed by atoms with Gasteiger partial charge in [0.1, 0.15) is 0 Å². The van der Waals surface area contributed by atoms with Gasteiger partial charge in [0.15, 0.2) is 0 Å². The first-order valence-corrected chi connectivity index (χ1v) is 7.50. The fourth-order valence-electron chi connectivity index (χ4n) is 2.43. The summed E-state index contributed by atoms with van der Waals surface area (Å²) >= 11 is 1.98. The second kappa shape index (κ2) is 6.38. The summed E-state index contributed by atoms with van der Waals surface area (Å²) < 4.78 is 0. The summed E-state index contributed by atoms with van der Waals surface area (Å²) in [5.41, 5.74) is 1.36. The van der Waals surface area contributed by atoms with Crippen molar-refractivity contribution in [2.24, 2.45) is 0 Å². The lowest BCUT2D eigenvalue weighted by Gasteiger charge is -2.30. The van der Waals surface area contributed by atoms with Crippen LogP contribution >= 0.6 is 11.8 Å². The van der Waals surface area contributed by atoms with Crippen molar-refractivity contribution in [3.63, 3.8) is 0 Å². The summed E-state index contributed by atoms with van der Waals surface area (Å²) in [5.74, 6) is 0. The topological polar surface area (TPSA) is 28.2 Å². The van der Waals surface area contributed by atoms with Crippen LogP contribution in [0.15, 0.2) is 24.5 Å². The monoisotopic (exact) mass is 251 g/mol. The molecule has 2 rings (SSSR count). The Morgan fingerprint density at radius 1 is 1.41 bits per heavy atom. The lowest BCUT2D eigenvalue weighted by molar-refractivity contribution is 0.214. The lowest BCUT2D eigenvalue weighted by Crippen LogP contribution is -2.41. The second-order valence-corrected chi connectivity index (χ2v) is 5.50. The van der Waals surface area contributed by atoms with E-state index in [4.69, 9.17) is 0 Å². The number of hydrogen-bond donors (Lipinski definition) is 1. The summed E-state index contributed by atoms with van der Waals surface area (Å²) in [4.78, 5) is 6.64. The molecule has 0 aliphatic carbocycles. The van der Waals surface area contributed by atoms with Crippen LogP contribution in [0, 0.1) is 0 Å². The van der Waals surface area contributed by atoms with Crippen molar-refractivity contribution in [2.75, 3.05) is 25.9 Å². The van der Waals surface area contributed by atoms with Crippen LogP contribution in [0.2, 0.25) is 0 Å².